The van der Waals surface area contributed by atoms with Crippen molar-refractivity contribution in [2.24, 2.45) is 5.92 Å². The maximum absolute atomic E-state index is 14.4. The minimum Gasteiger partial charge on any atom is -0.494 e. The van der Waals surface area contributed by atoms with Gasteiger partial charge in [-0.25, -0.2) is 4.39 Å². The molecule has 1 saturated heterocycles. The van der Waals surface area contributed by atoms with Gasteiger partial charge in [-0.15, -0.1) is 0 Å². The first-order valence-electron chi connectivity index (χ1n) is 6.84. The molecule has 19 heavy (non-hydrogen) atoms. The van der Waals surface area contributed by atoms with Gasteiger partial charge in [-0.3, -0.25) is 0 Å². The van der Waals surface area contributed by atoms with Gasteiger partial charge in [0.05, 0.1) is 13.2 Å². The maximum Gasteiger partial charge on any atom is 0.169 e. The van der Waals surface area contributed by atoms with Crippen LogP contribution in [0.3, 0.4) is 0 Å². The second-order valence-electron chi connectivity index (χ2n) is 4.90. The molecule has 0 spiro atoms. The summed E-state index contributed by atoms with van der Waals surface area (Å²) in [5.74, 6) is 0.326. The molecule has 2 rings (SSSR count). The topological polar surface area (TPSA) is 30.5 Å². The molecule has 4 heteroatoms. The number of rotatable bonds is 5. The number of hydrogen-bond acceptors (Lipinski definition) is 3. The van der Waals surface area contributed by atoms with Crippen LogP contribution in [0.15, 0.2) is 18.2 Å². The third-order valence-corrected chi connectivity index (χ3v) is 3.95. The van der Waals surface area contributed by atoms with Crippen LogP contribution in [-0.4, -0.2) is 26.9 Å². The summed E-state index contributed by atoms with van der Waals surface area (Å²) in [5.41, 5.74) is 0.663. The van der Waals surface area contributed by atoms with Gasteiger partial charge in [0.15, 0.2) is 11.6 Å². The fraction of sp³-hybridized carbons (Fsp3) is 0.600. The van der Waals surface area contributed by atoms with Gasteiger partial charge >= 0.3 is 0 Å². The molecule has 1 heterocycles. The van der Waals surface area contributed by atoms with Crippen LogP contribution in [0.2, 0.25) is 0 Å². The van der Waals surface area contributed by atoms with Gasteiger partial charge in [0, 0.05) is 24.1 Å². The van der Waals surface area contributed by atoms with E-state index in [9.17, 15) is 4.39 Å². The molecular weight excluding hydrogens is 245 g/mol. The molecule has 1 fully saturated rings. The summed E-state index contributed by atoms with van der Waals surface area (Å²) >= 11 is 0. The predicted octanol–water partition coefficient (Wildman–Crippen LogP) is 2.91. The van der Waals surface area contributed by atoms with Crippen molar-refractivity contribution in [3.63, 3.8) is 0 Å². The molecule has 1 aliphatic heterocycles. The highest BCUT2D eigenvalue weighted by Crippen LogP contribution is 2.37. The molecule has 1 aromatic rings. The first-order chi connectivity index (χ1) is 9.22. The molecule has 0 radical (unpaired) electrons. The maximum atomic E-state index is 14.4. The lowest BCUT2D eigenvalue weighted by Crippen LogP contribution is -2.31. The highest BCUT2D eigenvalue weighted by molar-refractivity contribution is 5.33. The lowest BCUT2D eigenvalue weighted by molar-refractivity contribution is 0.0778. The normalized spacial score (nSPS) is 24.4. The Hall–Kier alpha value is -1.13. The van der Waals surface area contributed by atoms with Gasteiger partial charge in [-0.2, -0.15) is 0 Å². The number of nitrogens with one attached hydrogen (secondary N) is 1. The van der Waals surface area contributed by atoms with Crippen molar-refractivity contribution in [3.05, 3.63) is 29.6 Å². The molecule has 0 aliphatic carbocycles. The fourth-order valence-corrected chi connectivity index (χ4v) is 2.99. The Kier molecular flexibility index (Phi) is 4.77. The van der Waals surface area contributed by atoms with Crippen molar-refractivity contribution in [1.29, 1.82) is 0 Å². The van der Waals surface area contributed by atoms with Crippen molar-refractivity contribution < 1.29 is 13.9 Å². The van der Waals surface area contributed by atoms with E-state index in [0.717, 1.165) is 19.4 Å². The van der Waals surface area contributed by atoms with Crippen molar-refractivity contribution in [2.75, 3.05) is 20.8 Å². The highest BCUT2D eigenvalue weighted by Gasteiger charge is 2.35. The van der Waals surface area contributed by atoms with Gasteiger partial charge < -0.3 is 14.8 Å². The standard InChI is InChI=1S/C15H22FNO2/c1-4-12-10(8-9-19-12)15(17-2)11-6-5-7-13(18-3)14(11)16/h5-7,10,12,15,17H,4,8-9H2,1-3H3. The van der Waals surface area contributed by atoms with E-state index < -0.39 is 0 Å². The number of benzene rings is 1. The number of hydrogen-bond donors (Lipinski definition) is 1. The number of ether oxygens (including phenoxy) is 2. The predicted molar refractivity (Wildman–Crippen MR) is 72.9 cm³/mol. The van der Waals surface area contributed by atoms with Gasteiger partial charge in [0.25, 0.3) is 0 Å². The Morgan fingerprint density at radius 3 is 2.95 bits per heavy atom. The molecule has 0 amide bonds. The third-order valence-electron chi connectivity index (χ3n) is 3.95. The van der Waals surface area contributed by atoms with Crippen LogP contribution in [0, 0.1) is 11.7 Å². The summed E-state index contributed by atoms with van der Waals surface area (Å²) in [5, 5.41) is 3.24. The zero-order valence-electron chi connectivity index (χ0n) is 11.8. The van der Waals surface area contributed by atoms with Crippen molar-refractivity contribution >= 4 is 0 Å². The smallest absolute Gasteiger partial charge is 0.169 e. The molecule has 3 unspecified atom stereocenters. The molecule has 0 bridgehead atoms. The van der Waals surface area contributed by atoms with E-state index in [1.54, 1.807) is 6.07 Å². The average Bonchev–Trinajstić information content (AvgIpc) is 2.90. The quantitative estimate of drug-likeness (QED) is 0.889. The Bertz CT molecular complexity index is 425. The summed E-state index contributed by atoms with van der Waals surface area (Å²) in [6, 6.07) is 5.26. The highest BCUT2D eigenvalue weighted by atomic mass is 19.1. The van der Waals surface area contributed by atoms with E-state index in [2.05, 4.69) is 12.2 Å². The largest absolute Gasteiger partial charge is 0.494 e. The van der Waals surface area contributed by atoms with Crippen LogP contribution in [0.4, 0.5) is 4.39 Å². The molecule has 3 nitrogen and oxygen atoms in total. The zero-order chi connectivity index (χ0) is 13.8. The van der Waals surface area contributed by atoms with E-state index in [4.69, 9.17) is 9.47 Å². The molecule has 0 aromatic heterocycles. The summed E-state index contributed by atoms with van der Waals surface area (Å²) in [6.45, 7) is 2.87. The van der Waals surface area contributed by atoms with E-state index in [0.29, 0.717) is 17.2 Å². The van der Waals surface area contributed by atoms with Crippen LogP contribution in [0.25, 0.3) is 0 Å². The third kappa shape index (κ3) is 2.74. The molecule has 106 valence electrons. The molecule has 1 N–H and O–H groups in total. The Morgan fingerprint density at radius 1 is 1.53 bits per heavy atom. The van der Waals surface area contributed by atoms with Crippen molar-refractivity contribution in [3.8, 4) is 5.75 Å². The SMILES string of the molecule is CCC1OCCC1C(NC)c1cccc(OC)c1F. The van der Waals surface area contributed by atoms with Crippen molar-refractivity contribution in [2.45, 2.75) is 31.9 Å². The molecule has 0 saturated carbocycles. The second kappa shape index (κ2) is 6.35. The van der Waals surface area contributed by atoms with Crippen molar-refractivity contribution in [1.82, 2.24) is 5.32 Å². The average molecular weight is 267 g/mol. The Labute approximate surface area is 114 Å². The molecular formula is C15H22FNO2. The van der Waals surface area contributed by atoms with Crippen LogP contribution in [0.5, 0.6) is 5.75 Å². The minimum atomic E-state index is -0.272. The van der Waals surface area contributed by atoms with E-state index >= 15 is 0 Å². The summed E-state index contributed by atoms with van der Waals surface area (Å²) in [4.78, 5) is 0. The van der Waals surface area contributed by atoms with Gasteiger partial charge in [0.1, 0.15) is 0 Å². The monoisotopic (exact) mass is 267 g/mol. The molecule has 1 aliphatic rings. The van der Waals surface area contributed by atoms with E-state index in [1.165, 1.54) is 7.11 Å². The lowest BCUT2D eigenvalue weighted by atomic mass is 9.86. The minimum absolute atomic E-state index is 0.0393. The van der Waals surface area contributed by atoms with Gasteiger partial charge in [-0.1, -0.05) is 19.1 Å². The van der Waals surface area contributed by atoms with Crippen LogP contribution in [-0.2, 0) is 4.74 Å². The lowest BCUT2D eigenvalue weighted by Gasteiger charge is -2.27. The molecule has 1 aromatic carbocycles. The number of methoxy groups -OCH3 is 1. The van der Waals surface area contributed by atoms with Crippen LogP contribution in [0.1, 0.15) is 31.4 Å². The van der Waals surface area contributed by atoms with Gasteiger partial charge in [0.2, 0.25) is 0 Å². The fourth-order valence-electron chi connectivity index (χ4n) is 2.99. The zero-order valence-corrected chi connectivity index (χ0v) is 11.8. The Morgan fingerprint density at radius 2 is 2.32 bits per heavy atom. The summed E-state index contributed by atoms with van der Waals surface area (Å²) in [7, 11) is 3.36. The van der Waals surface area contributed by atoms with E-state index in [-0.39, 0.29) is 18.0 Å². The van der Waals surface area contributed by atoms with Crippen LogP contribution < -0.4 is 10.1 Å². The number of halogens is 1. The Balaban J connectivity index is 2.31. The van der Waals surface area contributed by atoms with Gasteiger partial charge in [-0.05, 0) is 26.0 Å². The first kappa shape index (κ1) is 14.3. The molecule has 3 atom stereocenters. The summed E-state index contributed by atoms with van der Waals surface area (Å²) < 4.78 is 25.2. The van der Waals surface area contributed by atoms with Crippen LogP contribution >= 0.6 is 0 Å². The van der Waals surface area contributed by atoms with E-state index in [1.807, 2.05) is 19.2 Å². The second-order valence-corrected chi connectivity index (χ2v) is 4.90. The summed E-state index contributed by atoms with van der Waals surface area (Å²) in [6.07, 6.45) is 2.11. The first-order valence-corrected chi connectivity index (χ1v) is 6.84.